The normalized spacial score (nSPS) is 14.4. The summed E-state index contributed by atoms with van der Waals surface area (Å²) in [5, 5.41) is 3.12. The van der Waals surface area contributed by atoms with Crippen LogP contribution in [0.5, 0.6) is 0 Å². The first-order chi connectivity index (χ1) is 10.8. The highest BCUT2D eigenvalue weighted by molar-refractivity contribution is 5.82. The molecule has 0 saturated heterocycles. The van der Waals surface area contributed by atoms with Crippen molar-refractivity contribution in [1.82, 2.24) is 24.5 Å². The van der Waals surface area contributed by atoms with Crippen LogP contribution in [0.15, 0.2) is 30.9 Å². The van der Waals surface area contributed by atoms with E-state index in [2.05, 4.69) is 25.3 Å². The summed E-state index contributed by atoms with van der Waals surface area (Å²) in [7, 11) is 0. The van der Waals surface area contributed by atoms with E-state index in [1.807, 2.05) is 16.7 Å². The molecule has 1 fully saturated rings. The molecule has 0 atom stereocenters. The van der Waals surface area contributed by atoms with Gasteiger partial charge in [-0.1, -0.05) is 6.07 Å². The van der Waals surface area contributed by atoms with Gasteiger partial charge in [0.1, 0.15) is 0 Å². The first kappa shape index (κ1) is 13.1. The van der Waals surface area contributed by atoms with E-state index >= 15 is 0 Å². The fourth-order valence-corrected chi connectivity index (χ4v) is 2.44. The third-order valence-electron chi connectivity index (χ3n) is 3.77. The smallest absolute Gasteiger partial charge is 0.312 e. The Labute approximate surface area is 126 Å². The average Bonchev–Trinajstić information content (AvgIpc) is 3.26. The zero-order chi connectivity index (χ0) is 14.9. The van der Waals surface area contributed by atoms with Crippen molar-refractivity contribution in [1.29, 1.82) is 0 Å². The van der Waals surface area contributed by atoms with Gasteiger partial charge in [-0.15, -0.1) is 0 Å². The summed E-state index contributed by atoms with van der Waals surface area (Å²) in [5.41, 5.74) is 2.14. The number of halogens is 1. The minimum atomic E-state index is -0.737. The van der Waals surface area contributed by atoms with Crippen LogP contribution >= 0.6 is 0 Å². The zero-order valence-electron chi connectivity index (χ0n) is 11.9. The topological polar surface area (TPSA) is 68.5 Å². The first-order valence-corrected chi connectivity index (χ1v) is 7.31. The molecular weight excluding hydrogens is 283 g/mol. The molecule has 3 aromatic heterocycles. The Morgan fingerprint density at radius 3 is 3.00 bits per heavy atom. The highest BCUT2D eigenvalue weighted by atomic mass is 19.1. The standard InChI is InChI=1S/C15H15FN6/c16-15-20-13(18-7-11-2-1-5-17-6-11)12-14(21-15)22(9-19-12)8-10-3-4-10/h1-2,5-6,9-10H,3-4,7-8H2,(H,18,20,21). The zero-order valence-corrected chi connectivity index (χ0v) is 11.9. The van der Waals surface area contributed by atoms with Crippen LogP contribution in [0.4, 0.5) is 10.2 Å². The molecule has 7 heteroatoms. The van der Waals surface area contributed by atoms with Gasteiger partial charge in [0.05, 0.1) is 6.33 Å². The molecule has 3 heterocycles. The molecule has 6 nitrogen and oxygen atoms in total. The molecule has 1 N–H and O–H groups in total. The lowest BCUT2D eigenvalue weighted by Crippen LogP contribution is -2.06. The second-order valence-corrected chi connectivity index (χ2v) is 5.57. The Bertz CT molecular complexity index is 796. The summed E-state index contributed by atoms with van der Waals surface area (Å²) < 4.78 is 15.6. The van der Waals surface area contributed by atoms with E-state index in [-0.39, 0.29) is 0 Å². The van der Waals surface area contributed by atoms with E-state index in [9.17, 15) is 4.39 Å². The summed E-state index contributed by atoms with van der Waals surface area (Å²) in [6, 6.07) is 3.80. The van der Waals surface area contributed by atoms with Gasteiger partial charge in [0.2, 0.25) is 0 Å². The molecule has 4 rings (SSSR count). The lowest BCUT2D eigenvalue weighted by atomic mass is 10.3. The molecule has 0 aromatic carbocycles. The predicted octanol–water partition coefficient (Wildman–Crippen LogP) is 2.38. The summed E-state index contributed by atoms with van der Waals surface area (Å²) in [6.45, 7) is 1.35. The molecular formula is C15H15FN6. The number of imidazole rings is 1. The van der Waals surface area contributed by atoms with Crippen molar-refractivity contribution >= 4 is 17.0 Å². The van der Waals surface area contributed by atoms with Crippen molar-refractivity contribution in [3.63, 3.8) is 0 Å². The molecule has 0 radical (unpaired) electrons. The van der Waals surface area contributed by atoms with Crippen molar-refractivity contribution < 1.29 is 4.39 Å². The Hall–Kier alpha value is -2.57. The highest BCUT2D eigenvalue weighted by Gasteiger charge is 2.23. The SMILES string of the molecule is Fc1nc(NCc2cccnc2)c2ncn(CC3CC3)c2n1. The maximum Gasteiger partial charge on any atom is 0.312 e. The van der Waals surface area contributed by atoms with Gasteiger partial charge < -0.3 is 9.88 Å². The molecule has 1 aliphatic rings. The average molecular weight is 298 g/mol. The van der Waals surface area contributed by atoms with Crippen molar-refractivity contribution in [2.45, 2.75) is 25.9 Å². The van der Waals surface area contributed by atoms with Crippen LogP contribution in [0, 0.1) is 12.0 Å². The number of rotatable bonds is 5. The van der Waals surface area contributed by atoms with Crippen LogP contribution in [0.25, 0.3) is 11.2 Å². The van der Waals surface area contributed by atoms with Crippen LogP contribution in [-0.2, 0) is 13.1 Å². The fraction of sp³-hybridized carbons (Fsp3) is 0.333. The lowest BCUT2D eigenvalue weighted by Gasteiger charge is -2.07. The van der Waals surface area contributed by atoms with Gasteiger partial charge in [0.15, 0.2) is 17.0 Å². The van der Waals surface area contributed by atoms with Crippen LogP contribution < -0.4 is 5.32 Å². The third-order valence-corrected chi connectivity index (χ3v) is 3.77. The first-order valence-electron chi connectivity index (χ1n) is 7.31. The fourth-order valence-electron chi connectivity index (χ4n) is 2.44. The molecule has 3 aromatic rings. The van der Waals surface area contributed by atoms with Gasteiger partial charge in [0, 0.05) is 25.5 Å². The number of pyridine rings is 1. The summed E-state index contributed by atoms with van der Waals surface area (Å²) >= 11 is 0. The van der Waals surface area contributed by atoms with E-state index in [1.54, 1.807) is 18.7 Å². The number of fused-ring (bicyclic) bond motifs is 1. The predicted molar refractivity (Wildman–Crippen MR) is 79.6 cm³/mol. The van der Waals surface area contributed by atoms with Gasteiger partial charge in [-0.05, 0) is 30.4 Å². The Morgan fingerprint density at radius 1 is 1.32 bits per heavy atom. The van der Waals surface area contributed by atoms with E-state index < -0.39 is 6.08 Å². The van der Waals surface area contributed by atoms with Crippen LogP contribution in [0.1, 0.15) is 18.4 Å². The van der Waals surface area contributed by atoms with E-state index in [0.29, 0.717) is 29.4 Å². The van der Waals surface area contributed by atoms with Crippen molar-refractivity contribution in [2.24, 2.45) is 5.92 Å². The number of hydrogen-bond acceptors (Lipinski definition) is 5. The Morgan fingerprint density at radius 2 is 2.23 bits per heavy atom. The maximum atomic E-state index is 13.7. The van der Waals surface area contributed by atoms with Gasteiger partial charge >= 0.3 is 6.08 Å². The summed E-state index contributed by atoms with van der Waals surface area (Å²) in [5.74, 6) is 1.09. The monoisotopic (exact) mass is 298 g/mol. The molecule has 22 heavy (non-hydrogen) atoms. The third kappa shape index (κ3) is 2.61. The Balaban J connectivity index is 1.63. The molecule has 0 aliphatic heterocycles. The van der Waals surface area contributed by atoms with Crippen molar-refractivity contribution in [3.8, 4) is 0 Å². The molecule has 1 saturated carbocycles. The van der Waals surface area contributed by atoms with Crippen molar-refractivity contribution in [3.05, 3.63) is 42.5 Å². The van der Waals surface area contributed by atoms with Crippen LogP contribution in [0.2, 0.25) is 0 Å². The van der Waals surface area contributed by atoms with E-state index in [0.717, 1.165) is 12.1 Å². The molecule has 0 bridgehead atoms. The maximum absolute atomic E-state index is 13.7. The quantitative estimate of drug-likeness (QED) is 0.732. The number of nitrogens with zero attached hydrogens (tertiary/aromatic N) is 5. The van der Waals surface area contributed by atoms with Gasteiger partial charge in [-0.2, -0.15) is 14.4 Å². The number of aromatic nitrogens is 5. The number of anilines is 1. The van der Waals surface area contributed by atoms with Crippen LogP contribution in [-0.4, -0.2) is 24.5 Å². The largest absolute Gasteiger partial charge is 0.364 e. The summed E-state index contributed by atoms with van der Waals surface area (Å²) in [6.07, 6.45) is 6.89. The molecule has 0 spiro atoms. The minimum absolute atomic E-state index is 0.418. The molecule has 112 valence electrons. The van der Waals surface area contributed by atoms with Gasteiger partial charge in [0.25, 0.3) is 0 Å². The summed E-state index contributed by atoms with van der Waals surface area (Å²) in [4.78, 5) is 16.1. The van der Waals surface area contributed by atoms with Crippen molar-refractivity contribution in [2.75, 3.05) is 5.32 Å². The number of nitrogens with one attached hydrogen (secondary N) is 1. The van der Waals surface area contributed by atoms with E-state index in [4.69, 9.17) is 0 Å². The Kier molecular flexibility index (Phi) is 3.17. The minimum Gasteiger partial charge on any atom is -0.364 e. The molecule has 0 amide bonds. The highest BCUT2D eigenvalue weighted by Crippen LogP contribution is 2.31. The lowest BCUT2D eigenvalue weighted by molar-refractivity contribution is 0.540. The second-order valence-electron chi connectivity index (χ2n) is 5.57. The van der Waals surface area contributed by atoms with Gasteiger partial charge in [-0.3, -0.25) is 4.98 Å². The van der Waals surface area contributed by atoms with E-state index in [1.165, 1.54) is 12.8 Å². The van der Waals surface area contributed by atoms with Gasteiger partial charge in [-0.25, -0.2) is 4.98 Å². The van der Waals surface area contributed by atoms with Crippen LogP contribution in [0.3, 0.4) is 0 Å². The molecule has 1 aliphatic carbocycles. The number of hydrogen-bond donors (Lipinski definition) is 1. The second kappa shape index (κ2) is 5.32. The molecule has 0 unspecified atom stereocenters.